The molecule has 0 radical (unpaired) electrons. The van der Waals surface area contributed by atoms with Gasteiger partial charge in [-0.25, -0.2) is 0 Å². The smallest absolute Gasteiger partial charge is 0.124 e. The molecule has 104 valence electrons. The summed E-state index contributed by atoms with van der Waals surface area (Å²) >= 11 is 0. The lowest BCUT2D eigenvalue weighted by Gasteiger charge is -2.15. The monoisotopic (exact) mass is 278 g/mol. The maximum absolute atomic E-state index is 5.74. The second kappa shape index (κ2) is 7.37. The number of rotatable bonds is 5. The van der Waals surface area contributed by atoms with E-state index in [2.05, 4.69) is 55.6 Å². The predicted octanol–water partition coefficient (Wildman–Crippen LogP) is 0.740. The van der Waals surface area contributed by atoms with Crippen molar-refractivity contribution < 1.29 is 17.1 Å². The van der Waals surface area contributed by atoms with E-state index in [4.69, 9.17) is 4.74 Å². The number of fused-ring (bicyclic) bond motifs is 1. The van der Waals surface area contributed by atoms with Gasteiger partial charge in [-0.2, -0.15) is 0 Å². The van der Waals surface area contributed by atoms with Crippen molar-refractivity contribution in [3.63, 3.8) is 0 Å². The lowest BCUT2D eigenvalue weighted by atomic mass is 10.0. The van der Waals surface area contributed by atoms with Crippen LogP contribution in [0.1, 0.15) is 26.3 Å². The van der Waals surface area contributed by atoms with Crippen LogP contribution in [0, 0.1) is 0 Å². The van der Waals surface area contributed by atoms with Gasteiger partial charge in [0.2, 0.25) is 0 Å². The van der Waals surface area contributed by atoms with E-state index in [0.29, 0.717) is 12.6 Å². The van der Waals surface area contributed by atoms with Crippen molar-refractivity contribution in [3.05, 3.63) is 42.0 Å². The lowest BCUT2D eigenvalue weighted by molar-refractivity contribution is -0.00000445. The number of nitrogens with one attached hydrogen (secondary N) is 1. The number of ether oxygens (including phenoxy) is 1. The van der Waals surface area contributed by atoms with Gasteiger partial charge in [-0.05, 0) is 23.8 Å². The Morgan fingerprint density at radius 3 is 2.53 bits per heavy atom. The van der Waals surface area contributed by atoms with Crippen LogP contribution in [-0.2, 0) is 6.54 Å². The first kappa shape index (κ1) is 15.8. The minimum absolute atomic E-state index is 0. The largest absolute Gasteiger partial charge is 1.00 e. The maximum atomic E-state index is 5.74. The molecule has 0 aliphatic rings. The first-order chi connectivity index (χ1) is 8.72. The normalized spacial score (nSPS) is 10.5. The summed E-state index contributed by atoms with van der Waals surface area (Å²) in [4.78, 5) is 0. The van der Waals surface area contributed by atoms with Crippen molar-refractivity contribution in [2.24, 2.45) is 0 Å². The Balaban J connectivity index is 0.00000180. The summed E-state index contributed by atoms with van der Waals surface area (Å²) in [5.74, 6) is 0.990. The van der Waals surface area contributed by atoms with E-state index in [9.17, 15) is 0 Å². The fraction of sp³-hybridized carbons (Fsp3) is 0.375. The summed E-state index contributed by atoms with van der Waals surface area (Å²) in [5, 5.41) is 6.01. The zero-order valence-corrected chi connectivity index (χ0v) is 12.5. The van der Waals surface area contributed by atoms with Gasteiger partial charge in [0.25, 0.3) is 0 Å². The van der Waals surface area contributed by atoms with Crippen LogP contribution in [0.4, 0.5) is 0 Å². The molecular formula is C16H21ClNO-. The van der Waals surface area contributed by atoms with Crippen LogP contribution in [0.2, 0.25) is 0 Å². The summed E-state index contributed by atoms with van der Waals surface area (Å²) in [7, 11) is 0. The van der Waals surface area contributed by atoms with E-state index in [0.717, 1.165) is 12.3 Å². The van der Waals surface area contributed by atoms with Crippen molar-refractivity contribution in [3.8, 4) is 5.75 Å². The summed E-state index contributed by atoms with van der Waals surface area (Å²) < 4.78 is 5.74. The molecule has 0 aliphatic heterocycles. The fourth-order valence-corrected chi connectivity index (χ4v) is 2.10. The van der Waals surface area contributed by atoms with Crippen molar-refractivity contribution in [2.45, 2.75) is 33.4 Å². The standard InChI is InChI=1S/C16H21NO.ClH/c1-4-18-16-10-9-13-7-5-6-8-14(13)15(16)11-17-12(2)3;/h5-10,12,17H,4,11H2,1-3H3;1H/p-1. The van der Waals surface area contributed by atoms with Crippen molar-refractivity contribution >= 4 is 10.8 Å². The second-order valence-corrected chi connectivity index (χ2v) is 4.73. The van der Waals surface area contributed by atoms with Gasteiger partial charge in [-0.15, -0.1) is 0 Å². The molecule has 2 aromatic rings. The Labute approximate surface area is 121 Å². The van der Waals surface area contributed by atoms with Gasteiger partial charge in [-0.1, -0.05) is 44.2 Å². The number of halogens is 1. The number of hydrogen-bond acceptors (Lipinski definition) is 2. The van der Waals surface area contributed by atoms with Crippen LogP contribution in [0.15, 0.2) is 36.4 Å². The molecule has 0 heterocycles. The Kier molecular flexibility index (Phi) is 6.13. The van der Waals surface area contributed by atoms with Crippen LogP contribution < -0.4 is 22.5 Å². The highest BCUT2D eigenvalue weighted by molar-refractivity contribution is 5.87. The van der Waals surface area contributed by atoms with Gasteiger partial charge in [0.05, 0.1) is 6.61 Å². The molecule has 3 heteroatoms. The minimum atomic E-state index is 0. The Morgan fingerprint density at radius 1 is 1.11 bits per heavy atom. The average molecular weight is 279 g/mol. The molecule has 2 nitrogen and oxygen atoms in total. The fourth-order valence-electron chi connectivity index (χ4n) is 2.10. The van der Waals surface area contributed by atoms with Crippen LogP contribution in [-0.4, -0.2) is 12.6 Å². The lowest BCUT2D eigenvalue weighted by Crippen LogP contribution is -3.00. The van der Waals surface area contributed by atoms with Gasteiger partial charge in [0.15, 0.2) is 0 Å². The zero-order chi connectivity index (χ0) is 13.0. The van der Waals surface area contributed by atoms with Crippen molar-refractivity contribution in [1.29, 1.82) is 0 Å². The summed E-state index contributed by atoms with van der Waals surface area (Å²) in [6.45, 7) is 7.88. The van der Waals surface area contributed by atoms with Crippen LogP contribution in [0.25, 0.3) is 10.8 Å². The van der Waals surface area contributed by atoms with E-state index < -0.39 is 0 Å². The van der Waals surface area contributed by atoms with Gasteiger partial charge in [-0.3, -0.25) is 0 Å². The molecule has 0 aromatic heterocycles. The molecule has 0 amide bonds. The van der Waals surface area contributed by atoms with Crippen molar-refractivity contribution in [1.82, 2.24) is 5.32 Å². The van der Waals surface area contributed by atoms with Gasteiger partial charge in [0, 0.05) is 18.2 Å². The third-order valence-corrected chi connectivity index (χ3v) is 2.98. The van der Waals surface area contributed by atoms with Crippen molar-refractivity contribution in [2.75, 3.05) is 6.61 Å². The summed E-state index contributed by atoms with van der Waals surface area (Å²) in [5.41, 5.74) is 1.25. The third kappa shape index (κ3) is 3.85. The molecule has 2 aromatic carbocycles. The molecule has 0 aliphatic carbocycles. The first-order valence-corrected chi connectivity index (χ1v) is 6.59. The van der Waals surface area contributed by atoms with E-state index in [1.54, 1.807) is 0 Å². The molecule has 0 unspecified atom stereocenters. The SMILES string of the molecule is CCOc1ccc2ccccc2c1CNC(C)C.[Cl-]. The molecule has 19 heavy (non-hydrogen) atoms. The summed E-state index contributed by atoms with van der Waals surface area (Å²) in [6, 6.07) is 13.1. The number of benzene rings is 2. The molecular weight excluding hydrogens is 258 g/mol. The minimum Gasteiger partial charge on any atom is -1.00 e. The Hall–Kier alpha value is -1.25. The predicted molar refractivity (Wildman–Crippen MR) is 77.1 cm³/mol. The highest BCUT2D eigenvalue weighted by atomic mass is 35.5. The van der Waals surface area contributed by atoms with Crippen LogP contribution in [0.3, 0.4) is 0 Å². The molecule has 2 rings (SSSR count). The topological polar surface area (TPSA) is 21.3 Å². The van der Waals surface area contributed by atoms with E-state index in [1.165, 1.54) is 16.3 Å². The van der Waals surface area contributed by atoms with Crippen LogP contribution in [0.5, 0.6) is 5.75 Å². The van der Waals surface area contributed by atoms with Gasteiger partial charge >= 0.3 is 0 Å². The average Bonchev–Trinajstić information content (AvgIpc) is 2.37. The molecule has 0 saturated carbocycles. The van der Waals surface area contributed by atoms with E-state index >= 15 is 0 Å². The molecule has 0 atom stereocenters. The first-order valence-electron chi connectivity index (χ1n) is 6.59. The maximum Gasteiger partial charge on any atom is 0.124 e. The summed E-state index contributed by atoms with van der Waals surface area (Å²) in [6.07, 6.45) is 0. The molecule has 1 N–H and O–H groups in total. The quantitative estimate of drug-likeness (QED) is 0.871. The Bertz CT molecular complexity index is 525. The zero-order valence-electron chi connectivity index (χ0n) is 11.7. The molecule has 0 saturated heterocycles. The Morgan fingerprint density at radius 2 is 1.84 bits per heavy atom. The second-order valence-electron chi connectivity index (χ2n) is 4.73. The molecule has 0 spiro atoms. The van der Waals surface area contributed by atoms with Crippen LogP contribution >= 0.6 is 0 Å². The van der Waals surface area contributed by atoms with Gasteiger partial charge in [0.1, 0.15) is 5.75 Å². The third-order valence-electron chi connectivity index (χ3n) is 2.98. The highest BCUT2D eigenvalue weighted by Crippen LogP contribution is 2.28. The van der Waals surface area contributed by atoms with Gasteiger partial charge < -0.3 is 22.5 Å². The van der Waals surface area contributed by atoms with E-state index in [-0.39, 0.29) is 12.4 Å². The number of hydrogen-bond donors (Lipinski definition) is 1. The molecule has 0 bridgehead atoms. The highest BCUT2D eigenvalue weighted by Gasteiger charge is 2.08. The van der Waals surface area contributed by atoms with E-state index in [1.807, 2.05) is 6.92 Å². The molecule has 0 fully saturated rings.